The van der Waals surface area contributed by atoms with Gasteiger partial charge in [0.05, 0.1) is 12.7 Å². The van der Waals surface area contributed by atoms with Crippen LogP contribution in [0.4, 0.5) is 4.39 Å². The summed E-state index contributed by atoms with van der Waals surface area (Å²) >= 11 is 0. The monoisotopic (exact) mass is 219 g/mol. The highest BCUT2D eigenvalue weighted by Gasteiger charge is 2.14. The molecule has 82 valence electrons. The van der Waals surface area contributed by atoms with Crippen molar-refractivity contribution in [1.29, 1.82) is 0 Å². The fraction of sp³-hybridized carbons (Fsp3) is 0.0833. The van der Waals surface area contributed by atoms with Gasteiger partial charge < -0.3 is 9.72 Å². The third-order valence-electron chi connectivity index (χ3n) is 2.29. The quantitative estimate of drug-likeness (QED) is 0.789. The van der Waals surface area contributed by atoms with Gasteiger partial charge >= 0.3 is 5.97 Å². The molecule has 0 aliphatic rings. The van der Waals surface area contributed by atoms with Crippen molar-refractivity contribution in [1.82, 2.24) is 4.98 Å². The van der Waals surface area contributed by atoms with E-state index in [0.29, 0.717) is 16.7 Å². The Morgan fingerprint density at radius 1 is 1.38 bits per heavy atom. The average Bonchev–Trinajstić information content (AvgIpc) is 2.77. The lowest BCUT2D eigenvalue weighted by Gasteiger charge is -2.02. The Hall–Kier alpha value is -2.10. The standard InChI is InChI=1S/C12H10FNO2/c1-16-12(15)11-7-14-6-10(11)8-3-2-4-9(13)5-8/h2-7,14H,1H3. The summed E-state index contributed by atoms with van der Waals surface area (Å²) in [6.45, 7) is 0. The number of carbonyl (C=O) groups is 1. The maximum Gasteiger partial charge on any atom is 0.340 e. The molecule has 16 heavy (non-hydrogen) atoms. The van der Waals surface area contributed by atoms with Crippen LogP contribution in [0.2, 0.25) is 0 Å². The molecular formula is C12H10FNO2. The van der Waals surface area contributed by atoms with Crippen molar-refractivity contribution in [3.05, 3.63) is 48.0 Å². The van der Waals surface area contributed by atoms with Gasteiger partial charge in [0.1, 0.15) is 5.82 Å². The SMILES string of the molecule is COC(=O)c1c[nH]cc1-c1cccc(F)c1. The van der Waals surface area contributed by atoms with Crippen molar-refractivity contribution >= 4 is 5.97 Å². The summed E-state index contributed by atoms with van der Waals surface area (Å²) in [6, 6.07) is 6.06. The lowest BCUT2D eigenvalue weighted by molar-refractivity contribution is 0.0602. The number of methoxy groups -OCH3 is 1. The summed E-state index contributed by atoms with van der Waals surface area (Å²) in [4.78, 5) is 14.2. The molecule has 0 fully saturated rings. The van der Waals surface area contributed by atoms with Crippen molar-refractivity contribution in [2.45, 2.75) is 0 Å². The molecule has 4 heteroatoms. The highest BCUT2D eigenvalue weighted by Crippen LogP contribution is 2.24. The lowest BCUT2D eigenvalue weighted by atomic mass is 10.0. The van der Waals surface area contributed by atoms with Gasteiger partial charge in [0.2, 0.25) is 0 Å². The summed E-state index contributed by atoms with van der Waals surface area (Å²) < 4.78 is 17.7. The van der Waals surface area contributed by atoms with E-state index in [2.05, 4.69) is 9.72 Å². The van der Waals surface area contributed by atoms with Crippen LogP contribution >= 0.6 is 0 Å². The van der Waals surface area contributed by atoms with Gasteiger partial charge in [-0.25, -0.2) is 9.18 Å². The minimum absolute atomic E-state index is 0.338. The number of rotatable bonds is 2. The maximum atomic E-state index is 13.0. The smallest absolute Gasteiger partial charge is 0.340 e. The van der Waals surface area contributed by atoms with Crippen LogP contribution in [0, 0.1) is 5.82 Å². The highest BCUT2D eigenvalue weighted by molar-refractivity contribution is 5.97. The number of hydrogen-bond acceptors (Lipinski definition) is 2. The molecule has 1 heterocycles. The Bertz CT molecular complexity index is 519. The number of H-pyrrole nitrogens is 1. The number of benzene rings is 1. The number of aromatic nitrogens is 1. The van der Waals surface area contributed by atoms with Crippen molar-refractivity contribution < 1.29 is 13.9 Å². The van der Waals surface area contributed by atoms with Crippen LogP contribution < -0.4 is 0 Å². The van der Waals surface area contributed by atoms with Crippen LogP contribution in [0.3, 0.4) is 0 Å². The molecule has 0 atom stereocenters. The summed E-state index contributed by atoms with van der Waals surface area (Å²) in [7, 11) is 1.31. The second-order valence-corrected chi connectivity index (χ2v) is 3.28. The zero-order valence-electron chi connectivity index (χ0n) is 8.66. The molecular weight excluding hydrogens is 209 g/mol. The number of carbonyl (C=O) groups excluding carboxylic acids is 1. The Labute approximate surface area is 91.9 Å². The van der Waals surface area contributed by atoms with Gasteiger partial charge in [0, 0.05) is 18.0 Å². The predicted molar refractivity (Wildman–Crippen MR) is 57.5 cm³/mol. The number of ether oxygens (including phenoxy) is 1. The van der Waals surface area contributed by atoms with E-state index in [9.17, 15) is 9.18 Å². The molecule has 3 nitrogen and oxygen atoms in total. The first-order valence-electron chi connectivity index (χ1n) is 4.73. The molecule has 0 radical (unpaired) electrons. The van der Waals surface area contributed by atoms with Crippen LogP contribution in [-0.4, -0.2) is 18.1 Å². The van der Waals surface area contributed by atoms with Crippen LogP contribution in [-0.2, 0) is 4.74 Å². The fourth-order valence-electron chi connectivity index (χ4n) is 1.54. The van der Waals surface area contributed by atoms with Gasteiger partial charge in [0.25, 0.3) is 0 Å². The minimum atomic E-state index is -0.444. The van der Waals surface area contributed by atoms with Crippen molar-refractivity contribution in [2.24, 2.45) is 0 Å². The first-order valence-corrected chi connectivity index (χ1v) is 4.73. The Morgan fingerprint density at radius 3 is 2.88 bits per heavy atom. The molecule has 0 bridgehead atoms. The molecule has 0 unspecified atom stereocenters. The Balaban J connectivity index is 2.48. The van der Waals surface area contributed by atoms with Crippen LogP contribution in [0.25, 0.3) is 11.1 Å². The molecule has 0 saturated carbocycles. The summed E-state index contributed by atoms with van der Waals surface area (Å²) in [5.74, 6) is -0.782. The van der Waals surface area contributed by atoms with E-state index in [1.807, 2.05) is 0 Å². The number of halogens is 1. The van der Waals surface area contributed by atoms with Gasteiger partial charge in [-0.3, -0.25) is 0 Å². The number of esters is 1. The van der Waals surface area contributed by atoms with E-state index in [1.54, 1.807) is 18.3 Å². The molecule has 0 aliphatic heterocycles. The van der Waals surface area contributed by atoms with E-state index in [0.717, 1.165) is 0 Å². The number of nitrogens with one attached hydrogen (secondary N) is 1. The van der Waals surface area contributed by atoms with Gasteiger partial charge in [-0.1, -0.05) is 12.1 Å². The van der Waals surface area contributed by atoms with Gasteiger partial charge in [-0.05, 0) is 17.7 Å². The van der Waals surface area contributed by atoms with Crippen molar-refractivity contribution in [3.63, 3.8) is 0 Å². The largest absolute Gasteiger partial charge is 0.465 e. The van der Waals surface area contributed by atoms with Crippen LogP contribution in [0.5, 0.6) is 0 Å². The second kappa shape index (κ2) is 4.18. The highest BCUT2D eigenvalue weighted by atomic mass is 19.1. The molecule has 1 aromatic carbocycles. The third-order valence-corrected chi connectivity index (χ3v) is 2.29. The van der Waals surface area contributed by atoms with Gasteiger partial charge in [-0.15, -0.1) is 0 Å². The molecule has 1 N–H and O–H groups in total. The van der Waals surface area contributed by atoms with Crippen LogP contribution in [0.1, 0.15) is 10.4 Å². The molecule has 1 aromatic heterocycles. The molecule has 2 rings (SSSR count). The molecule has 0 aliphatic carbocycles. The Morgan fingerprint density at radius 2 is 2.19 bits per heavy atom. The molecule has 0 spiro atoms. The number of aromatic amines is 1. The zero-order chi connectivity index (χ0) is 11.5. The van der Waals surface area contributed by atoms with E-state index >= 15 is 0 Å². The van der Waals surface area contributed by atoms with Gasteiger partial charge in [-0.2, -0.15) is 0 Å². The normalized spacial score (nSPS) is 10.1. The van der Waals surface area contributed by atoms with Crippen molar-refractivity contribution in [3.8, 4) is 11.1 Å². The fourth-order valence-corrected chi connectivity index (χ4v) is 1.54. The molecule has 0 saturated heterocycles. The summed E-state index contributed by atoms with van der Waals surface area (Å²) in [5, 5.41) is 0. The van der Waals surface area contributed by atoms with E-state index in [4.69, 9.17) is 0 Å². The van der Waals surface area contributed by atoms with E-state index < -0.39 is 5.97 Å². The molecule has 2 aromatic rings. The summed E-state index contributed by atoms with van der Waals surface area (Å²) in [6.07, 6.45) is 3.17. The Kier molecular flexibility index (Phi) is 2.72. The van der Waals surface area contributed by atoms with E-state index in [1.165, 1.54) is 25.4 Å². The van der Waals surface area contributed by atoms with Crippen molar-refractivity contribution in [2.75, 3.05) is 7.11 Å². The average molecular weight is 219 g/mol. The van der Waals surface area contributed by atoms with Gasteiger partial charge in [0.15, 0.2) is 0 Å². The first-order chi connectivity index (χ1) is 7.72. The topological polar surface area (TPSA) is 42.1 Å². The maximum absolute atomic E-state index is 13.0. The summed E-state index contributed by atoms with van der Waals surface area (Å²) in [5.41, 5.74) is 1.67. The second-order valence-electron chi connectivity index (χ2n) is 3.28. The third kappa shape index (κ3) is 1.82. The zero-order valence-corrected chi connectivity index (χ0v) is 8.66. The van der Waals surface area contributed by atoms with E-state index in [-0.39, 0.29) is 5.82 Å². The van der Waals surface area contributed by atoms with Crippen LogP contribution in [0.15, 0.2) is 36.7 Å². The molecule has 0 amide bonds. The minimum Gasteiger partial charge on any atom is -0.465 e. The predicted octanol–water partition coefficient (Wildman–Crippen LogP) is 2.61. The number of hydrogen-bond donors (Lipinski definition) is 1. The first kappa shape index (κ1) is 10.4. The lowest BCUT2D eigenvalue weighted by Crippen LogP contribution is -2.00.